The molecule has 0 saturated carbocycles. The van der Waals surface area contributed by atoms with Crippen molar-refractivity contribution in [2.24, 2.45) is 0 Å². The first-order valence-corrected chi connectivity index (χ1v) is 20.4. The molecule has 1 fully saturated rings. The molecule has 0 radical (unpaired) electrons. The summed E-state index contributed by atoms with van der Waals surface area (Å²) in [6, 6.07) is 0. The van der Waals surface area contributed by atoms with Gasteiger partial charge in [-0.05, 0) is 44.9 Å². The minimum absolute atomic E-state index is 0.216. The third-order valence-electron chi connectivity index (χ3n) is 9.34. The van der Waals surface area contributed by atoms with E-state index in [9.17, 15) is 30.0 Å². The molecule has 1 heterocycles. The number of carbonyl (C=O) groups is 2. The summed E-state index contributed by atoms with van der Waals surface area (Å²) in [7, 11) is 0. The maximum absolute atomic E-state index is 12.7. The average Bonchev–Trinajstić information content (AvgIpc) is 3.13. The zero-order chi connectivity index (χ0) is 37.4. The van der Waals surface area contributed by atoms with Crippen LogP contribution in [-0.2, 0) is 28.5 Å². The summed E-state index contributed by atoms with van der Waals surface area (Å²) in [5.74, 6) is -0.821. The topological polar surface area (TPSA) is 152 Å². The Bertz CT molecular complexity index is 892. The predicted molar refractivity (Wildman–Crippen MR) is 201 cm³/mol. The van der Waals surface area contributed by atoms with Crippen LogP contribution in [0.1, 0.15) is 168 Å². The molecule has 0 amide bonds. The van der Waals surface area contributed by atoms with Gasteiger partial charge in [0.15, 0.2) is 12.4 Å². The van der Waals surface area contributed by atoms with Crippen molar-refractivity contribution in [3.63, 3.8) is 0 Å². The molecule has 10 heteroatoms. The molecule has 0 bridgehead atoms. The van der Waals surface area contributed by atoms with Gasteiger partial charge in [0, 0.05) is 12.8 Å². The highest BCUT2D eigenvalue weighted by atomic mass is 16.7. The lowest BCUT2D eigenvalue weighted by Crippen LogP contribution is -2.59. The molecule has 1 rings (SSSR count). The van der Waals surface area contributed by atoms with Crippen LogP contribution in [0.3, 0.4) is 0 Å². The number of hydrogen-bond donors (Lipinski definition) is 4. The van der Waals surface area contributed by atoms with Gasteiger partial charge in [-0.1, -0.05) is 134 Å². The van der Waals surface area contributed by atoms with Crippen molar-refractivity contribution in [2.45, 2.75) is 205 Å². The molecule has 1 aliphatic heterocycles. The first-order valence-electron chi connectivity index (χ1n) is 20.4. The Kier molecular flexibility index (Phi) is 30.4. The van der Waals surface area contributed by atoms with E-state index in [1.807, 2.05) is 0 Å². The Balaban J connectivity index is 2.39. The predicted octanol–water partition coefficient (Wildman–Crippen LogP) is 7.77. The molecular formula is C41H74O10. The Morgan fingerprint density at radius 3 is 1.67 bits per heavy atom. The van der Waals surface area contributed by atoms with E-state index in [1.54, 1.807) is 0 Å². The van der Waals surface area contributed by atoms with Gasteiger partial charge in [-0.25, -0.2) is 0 Å². The van der Waals surface area contributed by atoms with Crippen LogP contribution < -0.4 is 0 Å². The van der Waals surface area contributed by atoms with E-state index in [1.165, 1.54) is 77.0 Å². The normalized spacial score (nSPS) is 21.4. The lowest BCUT2D eigenvalue weighted by atomic mass is 9.99. The van der Waals surface area contributed by atoms with Crippen LogP contribution in [0.4, 0.5) is 0 Å². The number of aliphatic hydroxyl groups excluding tert-OH is 4. The Labute approximate surface area is 309 Å². The van der Waals surface area contributed by atoms with E-state index in [4.69, 9.17) is 18.9 Å². The summed E-state index contributed by atoms with van der Waals surface area (Å²) in [6.07, 6.45) is 26.1. The summed E-state index contributed by atoms with van der Waals surface area (Å²) >= 11 is 0. The van der Waals surface area contributed by atoms with E-state index in [0.29, 0.717) is 6.42 Å². The molecule has 0 aromatic rings. The summed E-state index contributed by atoms with van der Waals surface area (Å²) in [5, 5.41) is 39.9. The van der Waals surface area contributed by atoms with Gasteiger partial charge in [-0.15, -0.1) is 0 Å². The molecule has 298 valence electrons. The largest absolute Gasteiger partial charge is 0.462 e. The Hall–Kier alpha value is -1.82. The van der Waals surface area contributed by atoms with Crippen LogP contribution in [0.5, 0.6) is 0 Å². The quantitative estimate of drug-likeness (QED) is 0.0300. The second kappa shape index (κ2) is 32.8. The summed E-state index contributed by atoms with van der Waals surface area (Å²) in [4.78, 5) is 25.2. The molecule has 1 aliphatic rings. The monoisotopic (exact) mass is 727 g/mol. The minimum Gasteiger partial charge on any atom is -0.462 e. The Morgan fingerprint density at radius 2 is 1.10 bits per heavy atom. The highest BCUT2D eigenvalue weighted by Gasteiger charge is 2.44. The number of hydrogen-bond acceptors (Lipinski definition) is 10. The van der Waals surface area contributed by atoms with Crippen LogP contribution in [0.25, 0.3) is 0 Å². The number of rotatable bonds is 33. The summed E-state index contributed by atoms with van der Waals surface area (Å²) < 4.78 is 22.1. The SMILES string of the molecule is CCCCC/C=C\C/C=C\CCCCCCCC(=O)OC(COC(=O)CCCCCCCCCCCCC)COC1OC(CO)C(O)C(O)C1O. The van der Waals surface area contributed by atoms with Gasteiger partial charge in [0.1, 0.15) is 31.0 Å². The van der Waals surface area contributed by atoms with Gasteiger partial charge in [0.25, 0.3) is 0 Å². The third kappa shape index (κ3) is 24.9. The first-order chi connectivity index (χ1) is 24.8. The van der Waals surface area contributed by atoms with Crippen molar-refractivity contribution < 1.29 is 49.0 Å². The highest BCUT2D eigenvalue weighted by molar-refractivity contribution is 5.70. The number of unbranched alkanes of at least 4 members (excludes halogenated alkanes) is 18. The number of ether oxygens (including phenoxy) is 4. The number of carbonyl (C=O) groups excluding carboxylic acids is 2. The van der Waals surface area contributed by atoms with Gasteiger partial charge in [0.05, 0.1) is 13.2 Å². The fraction of sp³-hybridized carbons (Fsp3) is 0.854. The number of esters is 2. The average molecular weight is 727 g/mol. The molecule has 0 spiro atoms. The van der Waals surface area contributed by atoms with Gasteiger partial charge in [-0.2, -0.15) is 0 Å². The zero-order valence-electron chi connectivity index (χ0n) is 32.1. The van der Waals surface area contributed by atoms with Crippen LogP contribution in [-0.4, -0.2) is 89.0 Å². The second-order valence-electron chi connectivity index (χ2n) is 14.1. The van der Waals surface area contributed by atoms with Gasteiger partial charge < -0.3 is 39.4 Å². The standard InChI is InChI=1S/C41H74O10/c1-3-5-7-9-11-13-15-16-17-18-20-22-24-26-28-30-37(44)50-34(33-49-41-40(47)39(46)38(45)35(31-42)51-41)32-48-36(43)29-27-25-23-21-19-14-12-10-8-6-4-2/h11,13,16-17,34-35,38-42,45-47H,3-10,12,14-15,18-33H2,1-2H3/b13-11-,17-16-. The maximum Gasteiger partial charge on any atom is 0.306 e. The molecule has 6 atom stereocenters. The van der Waals surface area contributed by atoms with E-state index in [0.717, 1.165) is 57.8 Å². The van der Waals surface area contributed by atoms with Crippen LogP contribution in [0.15, 0.2) is 24.3 Å². The van der Waals surface area contributed by atoms with Crippen LogP contribution in [0, 0.1) is 0 Å². The van der Waals surface area contributed by atoms with E-state index >= 15 is 0 Å². The van der Waals surface area contributed by atoms with Crippen molar-refractivity contribution >= 4 is 11.9 Å². The molecule has 6 unspecified atom stereocenters. The smallest absolute Gasteiger partial charge is 0.306 e. The van der Waals surface area contributed by atoms with Crippen molar-refractivity contribution in [2.75, 3.05) is 19.8 Å². The lowest BCUT2D eigenvalue weighted by molar-refractivity contribution is -0.305. The van der Waals surface area contributed by atoms with Gasteiger partial charge >= 0.3 is 11.9 Å². The molecule has 0 aromatic carbocycles. The molecule has 1 saturated heterocycles. The summed E-state index contributed by atoms with van der Waals surface area (Å²) in [5.41, 5.74) is 0. The van der Waals surface area contributed by atoms with Gasteiger partial charge in [0.2, 0.25) is 0 Å². The Morgan fingerprint density at radius 1 is 0.608 bits per heavy atom. The van der Waals surface area contributed by atoms with E-state index in [-0.39, 0.29) is 32.0 Å². The van der Waals surface area contributed by atoms with E-state index in [2.05, 4.69) is 38.2 Å². The van der Waals surface area contributed by atoms with Crippen molar-refractivity contribution in [3.8, 4) is 0 Å². The molecular weight excluding hydrogens is 652 g/mol. The van der Waals surface area contributed by atoms with Crippen LogP contribution in [0.2, 0.25) is 0 Å². The number of aliphatic hydroxyl groups is 4. The minimum atomic E-state index is -1.59. The second-order valence-corrected chi connectivity index (χ2v) is 14.1. The highest BCUT2D eigenvalue weighted by Crippen LogP contribution is 2.22. The van der Waals surface area contributed by atoms with Crippen LogP contribution >= 0.6 is 0 Å². The molecule has 4 N–H and O–H groups in total. The van der Waals surface area contributed by atoms with Gasteiger partial charge in [-0.3, -0.25) is 9.59 Å². The zero-order valence-corrected chi connectivity index (χ0v) is 32.1. The fourth-order valence-corrected chi connectivity index (χ4v) is 6.04. The first kappa shape index (κ1) is 47.2. The third-order valence-corrected chi connectivity index (χ3v) is 9.34. The van der Waals surface area contributed by atoms with E-state index < -0.39 is 49.4 Å². The molecule has 0 aromatic heterocycles. The molecule has 0 aliphatic carbocycles. The van der Waals surface area contributed by atoms with Crippen molar-refractivity contribution in [1.82, 2.24) is 0 Å². The maximum atomic E-state index is 12.7. The van der Waals surface area contributed by atoms with Crippen molar-refractivity contribution in [3.05, 3.63) is 24.3 Å². The molecule has 51 heavy (non-hydrogen) atoms. The van der Waals surface area contributed by atoms with Crippen molar-refractivity contribution in [1.29, 1.82) is 0 Å². The summed E-state index contributed by atoms with van der Waals surface area (Å²) in [6.45, 7) is 3.36. The fourth-order valence-electron chi connectivity index (χ4n) is 6.04. The lowest BCUT2D eigenvalue weighted by Gasteiger charge is -2.39. The number of allylic oxidation sites excluding steroid dienone is 4. The molecule has 10 nitrogen and oxygen atoms in total.